The van der Waals surface area contributed by atoms with Gasteiger partial charge in [0, 0.05) is 13.5 Å². The lowest BCUT2D eigenvalue weighted by atomic mass is 9.73. The van der Waals surface area contributed by atoms with Crippen LogP contribution in [0.1, 0.15) is 19.8 Å². The van der Waals surface area contributed by atoms with Gasteiger partial charge in [0.15, 0.2) is 0 Å². The maximum absolute atomic E-state index is 11.1. The van der Waals surface area contributed by atoms with Crippen LogP contribution in [0.3, 0.4) is 0 Å². The average Bonchev–Trinajstić information content (AvgIpc) is 2.35. The molecular weight excluding hydrogens is 158 g/mol. The number of amides is 1. The molecule has 0 unspecified atom stereocenters. The van der Waals surface area contributed by atoms with Crippen LogP contribution in [0.25, 0.3) is 0 Å². The molecule has 1 N–H and O–H groups in total. The van der Waals surface area contributed by atoms with Crippen molar-refractivity contribution < 1.29 is 14.7 Å². The van der Waals surface area contributed by atoms with E-state index in [2.05, 4.69) is 0 Å². The lowest BCUT2D eigenvalue weighted by molar-refractivity contribution is -0.157. The summed E-state index contributed by atoms with van der Waals surface area (Å²) < 4.78 is 0. The van der Waals surface area contributed by atoms with Crippen molar-refractivity contribution in [2.45, 2.75) is 25.3 Å². The van der Waals surface area contributed by atoms with Gasteiger partial charge in [0.1, 0.15) is 5.54 Å². The quantitative estimate of drug-likeness (QED) is 0.604. The summed E-state index contributed by atoms with van der Waals surface area (Å²) in [6, 6.07) is 0. The van der Waals surface area contributed by atoms with Crippen LogP contribution in [0.2, 0.25) is 0 Å². The molecular formula is C8H11NO3. The van der Waals surface area contributed by atoms with Crippen LogP contribution in [0.15, 0.2) is 0 Å². The molecule has 0 aromatic carbocycles. The molecule has 2 saturated heterocycles. The number of rotatable bonds is 1. The van der Waals surface area contributed by atoms with Gasteiger partial charge < -0.3 is 10.0 Å². The Labute approximate surface area is 70.2 Å². The molecule has 0 aromatic heterocycles. The normalized spacial score (nSPS) is 37.8. The predicted molar refractivity (Wildman–Crippen MR) is 40.5 cm³/mol. The van der Waals surface area contributed by atoms with Crippen LogP contribution in [-0.4, -0.2) is 34.0 Å². The number of carboxylic acids is 1. The van der Waals surface area contributed by atoms with E-state index in [-0.39, 0.29) is 5.91 Å². The van der Waals surface area contributed by atoms with Crippen molar-refractivity contribution in [3.8, 4) is 0 Å². The zero-order valence-electron chi connectivity index (χ0n) is 6.91. The van der Waals surface area contributed by atoms with Crippen LogP contribution in [-0.2, 0) is 9.59 Å². The maximum atomic E-state index is 11.1. The Bertz CT molecular complexity index is 252. The Kier molecular flexibility index (Phi) is 1.26. The Morgan fingerprint density at radius 3 is 2.42 bits per heavy atom. The van der Waals surface area contributed by atoms with Gasteiger partial charge in [-0.05, 0) is 18.8 Å². The first-order valence-corrected chi connectivity index (χ1v) is 4.08. The first-order chi connectivity index (χ1) is 5.56. The molecule has 3 rings (SSSR count). The van der Waals surface area contributed by atoms with Crippen molar-refractivity contribution in [2.24, 2.45) is 5.92 Å². The molecule has 0 aromatic rings. The first kappa shape index (κ1) is 7.58. The van der Waals surface area contributed by atoms with E-state index < -0.39 is 11.5 Å². The summed E-state index contributed by atoms with van der Waals surface area (Å²) in [6.45, 7) is 2.08. The van der Waals surface area contributed by atoms with Gasteiger partial charge in [-0.15, -0.1) is 0 Å². The minimum Gasteiger partial charge on any atom is -0.479 e. The molecule has 1 amide bonds. The summed E-state index contributed by atoms with van der Waals surface area (Å²) in [6.07, 6.45) is 1.31. The fourth-order valence-electron chi connectivity index (χ4n) is 2.40. The second-order valence-corrected chi connectivity index (χ2v) is 3.74. The molecule has 0 spiro atoms. The third-order valence-electron chi connectivity index (χ3n) is 2.99. The first-order valence-electron chi connectivity index (χ1n) is 4.08. The van der Waals surface area contributed by atoms with Crippen LogP contribution in [0.5, 0.6) is 0 Å². The topological polar surface area (TPSA) is 57.6 Å². The summed E-state index contributed by atoms with van der Waals surface area (Å²) in [4.78, 5) is 23.4. The largest absolute Gasteiger partial charge is 0.479 e. The highest BCUT2D eigenvalue weighted by molar-refractivity contribution is 5.88. The highest BCUT2D eigenvalue weighted by Crippen LogP contribution is 2.50. The second kappa shape index (κ2) is 2.00. The zero-order valence-corrected chi connectivity index (χ0v) is 6.91. The van der Waals surface area contributed by atoms with Crippen LogP contribution in [0, 0.1) is 5.92 Å². The SMILES string of the molecule is CC(=O)N1CC2CC1(C(=O)O)C2. The van der Waals surface area contributed by atoms with E-state index in [1.54, 1.807) is 0 Å². The van der Waals surface area contributed by atoms with Gasteiger partial charge in [-0.1, -0.05) is 0 Å². The molecule has 4 nitrogen and oxygen atoms in total. The van der Waals surface area contributed by atoms with Crippen molar-refractivity contribution in [1.29, 1.82) is 0 Å². The third kappa shape index (κ3) is 0.673. The standard InChI is InChI=1S/C8H11NO3/c1-5(10)9-4-6-2-8(9,3-6)7(11)12/h6H,2-4H2,1H3,(H,11,12). The summed E-state index contributed by atoms with van der Waals surface area (Å²) in [5.74, 6) is -0.520. The summed E-state index contributed by atoms with van der Waals surface area (Å²) in [5, 5.41) is 8.94. The van der Waals surface area contributed by atoms with Gasteiger partial charge in [0.05, 0.1) is 0 Å². The van der Waals surface area contributed by atoms with E-state index in [0.717, 1.165) is 0 Å². The average molecular weight is 169 g/mol. The molecule has 2 bridgehead atoms. The van der Waals surface area contributed by atoms with Crippen LogP contribution >= 0.6 is 0 Å². The molecule has 3 aliphatic rings. The predicted octanol–water partition coefficient (Wildman–Crippen LogP) is 0.0819. The smallest absolute Gasteiger partial charge is 0.329 e. The number of hydrogen-bond donors (Lipinski definition) is 1. The lowest BCUT2D eigenvalue weighted by Gasteiger charge is -2.37. The van der Waals surface area contributed by atoms with Gasteiger partial charge in [-0.2, -0.15) is 0 Å². The molecule has 12 heavy (non-hydrogen) atoms. The molecule has 1 aliphatic carbocycles. The van der Waals surface area contributed by atoms with Crippen molar-refractivity contribution >= 4 is 11.9 Å². The fraction of sp³-hybridized carbons (Fsp3) is 0.750. The van der Waals surface area contributed by atoms with E-state index >= 15 is 0 Å². The van der Waals surface area contributed by atoms with Crippen molar-refractivity contribution in [1.82, 2.24) is 4.90 Å². The monoisotopic (exact) mass is 169 g/mol. The molecule has 2 aliphatic heterocycles. The Balaban J connectivity index is 2.27. The highest BCUT2D eigenvalue weighted by atomic mass is 16.4. The van der Waals surface area contributed by atoms with Crippen molar-refractivity contribution in [3.63, 3.8) is 0 Å². The van der Waals surface area contributed by atoms with Crippen molar-refractivity contribution in [2.75, 3.05) is 6.54 Å². The molecule has 66 valence electrons. The number of carbonyl (C=O) groups excluding carboxylic acids is 1. The van der Waals surface area contributed by atoms with Crippen LogP contribution < -0.4 is 0 Å². The van der Waals surface area contributed by atoms with Crippen LogP contribution in [0.4, 0.5) is 0 Å². The number of carbonyl (C=O) groups is 2. The van der Waals surface area contributed by atoms with Gasteiger partial charge in [0.25, 0.3) is 0 Å². The minimum absolute atomic E-state index is 0.114. The Hall–Kier alpha value is -1.06. The van der Waals surface area contributed by atoms with Gasteiger partial charge in [-0.3, -0.25) is 4.79 Å². The third-order valence-corrected chi connectivity index (χ3v) is 2.99. The van der Waals surface area contributed by atoms with E-state index in [1.165, 1.54) is 11.8 Å². The zero-order chi connectivity index (χ0) is 8.93. The molecule has 3 fully saturated rings. The van der Waals surface area contributed by atoms with E-state index in [9.17, 15) is 9.59 Å². The van der Waals surface area contributed by atoms with Gasteiger partial charge in [-0.25, -0.2) is 4.79 Å². The summed E-state index contributed by atoms with van der Waals surface area (Å²) in [7, 11) is 0. The molecule has 2 heterocycles. The minimum atomic E-state index is -0.841. The maximum Gasteiger partial charge on any atom is 0.329 e. The number of nitrogens with zero attached hydrogens (tertiary/aromatic N) is 1. The molecule has 0 radical (unpaired) electrons. The van der Waals surface area contributed by atoms with E-state index in [0.29, 0.717) is 25.3 Å². The number of fused-ring (bicyclic) bond motifs is 1. The van der Waals surface area contributed by atoms with E-state index in [4.69, 9.17) is 5.11 Å². The Morgan fingerprint density at radius 2 is 2.08 bits per heavy atom. The Morgan fingerprint density at radius 1 is 1.50 bits per heavy atom. The molecule has 1 saturated carbocycles. The van der Waals surface area contributed by atoms with Gasteiger partial charge >= 0.3 is 5.97 Å². The van der Waals surface area contributed by atoms with E-state index in [1.807, 2.05) is 0 Å². The number of aliphatic carboxylic acids is 1. The second-order valence-electron chi connectivity index (χ2n) is 3.74. The number of carboxylic acid groups (broad SMARTS) is 1. The van der Waals surface area contributed by atoms with Gasteiger partial charge in [0.2, 0.25) is 5.91 Å². The fourth-order valence-corrected chi connectivity index (χ4v) is 2.40. The summed E-state index contributed by atoms with van der Waals surface area (Å²) in [5.41, 5.74) is -0.823. The highest BCUT2D eigenvalue weighted by Gasteiger charge is 2.62. The summed E-state index contributed by atoms with van der Waals surface area (Å²) >= 11 is 0. The molecule has 0 atom stereocenters. The van der Waals surface area contributed by atoms with Crippen molar-refractivity contribution in [3.05, 3.63) is 0 Å². The number of hydrogen-bond acceptors (Lipinski definition) is 2. The molecule has 4 heteroatoms. The lowest BCUT2D eigenvalue weighted by Crippen LogP contribution is -2.54.